The summed E-state index contributed by atoms with van der Waals surface area (Å²) in [6, 6.07) is 9.52. The third-order valence-electron chi connectivity index (χ3n) is 6.23. The Bertz CT molecular complexity index is 1080. The molecule has 2 heterocycles. The smallest absolute Gasteiger partial charge is 0.333 e. The quantitative estimate of drug-likeness (QED) is 0.355. The number of carbonyl (C=O) groups excluding carboxylic acids is 2. The van der Waals surface area contributed by atoms with Gasteiger partial charge < -0.3 is 9.64 Å². The summed E-state index contributed by atoms with van der Waals surface area (Å²) >= 11 is 6.04. The lowest BCUT2D eigenvalue weighted by Gasteiger charge is -2.35. The van der Waals surface area contributed by atoms with Crippen LogP contribution in [0.25, 0.3) is 11.3 Å². The van der Waals surface area contributed by atoms with Gasteiger partial charge in [-0.15, -0.1) is 0 Å². The number of halogens is 1. The van der Waals surface area contributed by atoms with Crippen LogP contribution in [-0.2, 0) is 9.53 Å². The normalized spacial score (nSPS) is 18.0. The van der Waals surface area contributed by atoms with Crippen molar-refractivity contribution in [1.82, 2.24) is 14.7 Å². The Kier molecular flexibility index (Phi) is 7.33. The first-order valence-electron chi connectivity index (χ1n) is 11.8. The number of unbranched alkanes of at least 4 members (excludes halogenated alkanes) is 2. The minimum Gasteiger partial charge on any atom is -0.463 e. The number of aromatic nitrogens is 2. The minimum absolute atomic E-state index is 0.0475. The first-order valence-corrected chi connectivity index (χ1v) is 12.1. The van der Waals surface area contributed by atoms with Gasteiger partial charge in [0.25, 0.3) is 5.91 Å². The molecule has 0 bridgehead atoms. The van der Waals surface area contributed by atoms with Gasteiger partial charge in [0.15, 0.2) is 0 Å². The van der Waals surface area contributed by atoms with Gasteiger partial charge in [0.1, 0.15) is 5.69 Å². The number of benzene rings is 1. The number of allylic oxidation sites excluding steroid dienone is 3. The lowest BCUT2D eigenvalue weighted by Crippen LogP contribution is -2.43. The Morgan fingerprint density at radius 3 is 2.61 bits per heavy atom. The average Bonchev–Trinajstić information content (AvgIpc) is 3.28. The number of hydrogen-bond acceptors (Lipinski definition) is 4. The van der Waals surface area contributed by atoms with E-state index in [1.54, 1.807) is 13.0 Å². The van der Waals surface area contributed by atoms with Crippen LogP contribution in [0, 0.1) is 0 Å². The zero-order chi connectivity index (χ0) is 23.4. The minimum atomic E-state index is -0.277. The van der Waals surface area contributed by atoms with Crippen molar-refractivity contribution in [3.63, 3.8) is 0 Å². The molecule has 174 valence electrons. The highest BCUT2D eigenvalue weighted by molar-refractivity contribution is 6.30. The molecule has 0 N–H and O–H groups in total. The molecule has 6 nitrogen and oxygen atoms in total. The Labute approximate surface area is 199 Å². The zero-order valence-corrected chi connectivity index (χ0v) is 20.0. The van der Waals surface area contributed by atoms with Crippen LogP contribution >= 0.6 is 11.6 Å². The van der Waals surface area contributed by atoms with Gasteiger partial charge in [-0.1, -0.05) is 56.0 Å². The molecule has 4 rings (SSSR count). The predicted octanol–water partition coefficient (Wildman–Crippen LogP) is 5.95. The second-order valence-electron chi connectivity index (χ2n) is 8.50. The maximum absolute atomic E-state index is 13.5. The van der Waals surface area contributed by atoms with E-state index in [2.05, 4.69) is 6.92 Å². The van der Waals surface area contributed by atoms with Gasteiger partial charge >= 0.3 is 5.97 Å². The van der Waals surface area contributed by atoms with E-state index in [0.29, 0.717) is 42.3 Å². The summed E-state index contributed by atoms with van der Waals surface area (Å²) in [5.41, 5.74) is 3.91. The summed E-state index contributed by atoms with van der Waals surface area (Å²) in [6.07, 6.45) is 9.24. The molecule has 0 radical (unpaired) electrons. The van der Waals surface area contributed by atoms with E-state index in [1.165, 1.54) is 0 Å². The summed E-state index contributed by atoms with van der Waals surface area (Å²) in [5.74, 6) is -0.324. The number of hydrogen-bond donors (Lipinski definition) is 0. The fourth-order valence-corrected chi connectivity index (χ4v) is 4.57. The molecule has 1 unspecified atom stereocenters. The van der Waals surface area contributed by atoms with Crippen LogP contribution in [0.1, 0.15) is 68.9 Å². The second kappa shape index (κ2) is 10.4. The number of ether oxygens (including phenoxy) is 1. The summed E-state index contributed by atoms with van der Waals surface area (Å²) in [4.78, 5) is 27.4. The zero-order valence-electron chi connectivity index (χ0n) is 19.2. The van der Waals surface area contributed by atoms with Crippen molar-refractivity contribution in [3.05, 3.63) is 64.5 Å². The van der Waals surface area contributed by atoms with Crippen molar-refractivity contribution < 1.29 is 14.3 Å². The van der Waals surface area contributed by atoms with Gasteiger partial charge in [0, 0.05) is 28.4 Å². The maximum Gasteiger partial charge on any atom is 0.333 e. The van der Waals surface area contributed by atoms with E-state index in [9.17, 15) is 9.59 Å². The van der Waals surface area contributed by atoms with Crippen molar-refractivity contribution >= 4 is 23.5 Å². The first kappa shape index (κ1) is 23.3. The van der Waals surface area contributed by atoms with Crippen molar-refractivity contribution in [3.8, 4) is 11.3 Å². The molecule has 0 saturated heterocycles. The van der Waals surface area contributed by atoms with E-state index >= 15 is 0 Å². The van der Waals surface area contributed by atoms with Gasteiger partial charge in [0.2, 0.25) is 0 Å². The van der Waals surface area contributed by atoms with Crippen molar-refractivity contribution in [2.24, 2.45) is 0 Å². The number of nitrogens with zero attached hydrogens (tertiary/aromatic N) is 3. The topological polar surface area (TPSA) is 64.4 Å². The summed E-state index contributed by atoms with van der Waals surface area (Å²) in [5, 5.41) is 5.50. The van der Waals surface area contributed by atoms with Gasteiger partial charge in [-0.2, -0.15) is 5.10 Å². The van der Waals surface area contributed by atoms with Crippen molar-refractivity contribution in [2.45, 2.75) is 58.4 Å². The Balaban J connectivity index is 1.64. The Hall–Kier alpha value is -2.86. The van der Waals surface area contributed by atoms with E-state index < -0.39 is 0 Å². The lowest BCUT2D eigenvalue weighted by atomic mass is 9.99. The van der Waals surface area contributed by atoms with Crippen LogP contribution in [0.2, 0.25) is 5.02 Å². The van der Waals surface area contributed by atoms with Gasteiger partial charge in [0.05, 0.1) is 18.3 Å². The number of rotatable bonds is 8. The highest BCUT2D eigenvalue weighted by Crippen LogP contribution is 2.33. The maximum atomic E-state index is 13.5. The van der Waals surface area contributed by atoms with Gasteiger partial charge in [-0.25, -0.2) is 4.79 Å². The van der Waals surface area contributed by atoms with E-state index in [0.717, 1.165) is 42.6 Å². The average molecular weight is 468 g/mol. The molecular formula is C26H30ClN3O3. The third kappa shape index (κ3) is 5.06. The fourth-order valence-electron chi connectivity index (χ4n) is 4.44. The first-order chi connectivity index (χ1) is 16.0. The predicted molar refractivity (Wildman–Crippen MR) is 129 cm³/mol. The second-order valence-corrected chi connectivity index (χ2v) is 8.94. The van der Waals surface area contributed by atoms with Crippen molar-refractivity contribution in [2.75, 3.05) is 13.2 Å². The number of amides is 1. The summed E-state index contributed by atoms with van der Waals surface area (Å²) in [7, 11) is 0. The van der Waals surface area contributed by atoms with E-state index in [4.69, 9.17) is 21.4 Å². The largest absolute Gasteiger partial charge is 0.463 e. The standard InChI is InChI=1S/C26H30ClN3O3/c1-3-5-6-7-22-17-29(21-14-10-19(11-15-21)26(32)33-4-2)25(31)24-16-23(28-30(22)24)18-8-12-20(27)13-9-18/h8-10,12-14,16,22H,3-7,11,15,17H2,1-2H3. The monoisotopic (exact) mass is 467 g/mol. The van der Waals surface area contributed by atoms with Crippen LogP contribution in [0.15, 0.2) is 53.8 Å². The molecule has 0 fully saturated rings. The van der Waals surface area contributed by atoms with E-state index in [-0.39, 0.29) is 17.9 Å². The molecule has 2 aliphatic rings. The summed E-state index contributed by atoms with van der Waals surface area (Å²) in [6.45, 7) is 4.94. The van der Waals surface area contributed by atoms with Gasteiger partial charge in [-0.05, 0) is 50.5 Å². The van der Waals surface area contributed by atoms with Crippen LogP contribution in [0.4, 0.5) is 0 Å². The molecule has 1 aliphatic carbocycles. The van der Waals surface area contributed by atoms with E-state index in [1.807, 2.05) is 46.0 Å². The molecule has 7 heteroatoms. The molecular weight excluding hydrogens is 438 g/mol. The van der Waals surface area contributed by atoms with Crippen LogP contribution in [0.3, 0.4) is 0 Å². The molecule has 1 aromatic heterocycles. The molecule has 1 aliphatic heterocycles. The number of fused-ring (bicyclic) bond motifs is 1. The summed E-state index contributed by atoms with van der Waals surface area (Å²) < 4.78 is 7.04. The highest BCUT2D eigenvalue weighted by atomic mass is 35.5. The molecule has 0 saturated carbocycles. The van der Waals surface area contributed by atoms with Crippen LogP contribution < -0.4 is 0 Å². The fraction of sp³-hybridized carbons (Fsp3) is 0.423. The van der Waals surface area contributed by atoms with Gasteiger partial charge in [-0.3, -0.25) is 9.48 Å². The number of esters is 1. The van der Waals surface area contributed by atoms with Crippen molar-refractivity contribution in [1.29, 1.82) is 0 Å². The Morgan fingerprint density at radius 1 is 1.15 bits per heavy atom. The molecule has 2 aromatic rings. The van der Waals surface area contributed by atoms with Crippen LogP contribution in [-0.4, -0.2) is 39.7 Å². The third-order valence-corrected chi connectivity index (χ3v) is 6.48. The molecule has 0 spiro atoms. The van der Waals surface area contributed by atoms with Crippen LogP contribution in [0.5, 0.6) is 0 Å². The molecule has 1 amide bonds. The molecule has 33 heavy (non-hydrogen) atoms. The highest BCUT2D eigenvalue weighted by Gasteiger charge is 2.35. The Morgan fingerprint density at radius 2 is 1.94 bits per heavy atom. The molecule has 1 aromatic carbocycles. The SMILES string of the molecule is CCCCCC1CN(C2=CC=C(C(=O)OCC)CC2)C(=O)c2cc(-c3ccc(Cl)cc3)nn21. The number of carbonyl (C=O) groups is 2. The molecule has 1 atom stereocenters. The lowest BCUT2D eigenvalue weighted by molar-refractivity contribution is -0.138.